The molecule has 6 atom stereocenters. The lowest BCUT2D eigenvalue weighted by Crippen LogP contribution is -2.61. The summed E-state index contributed by atoms with van der Waals surface area (Å²) in [6.07, 6.45) is -4.70. The fraction of sp³-hybridized carbons (Fsp3) is 0.783. The Bertz CT molecular complexity index is 961. The zero-order chi connectivity index (χ0) is 27.4. The third kappa shape index (κ3) is 5.29. The number of carbonyl (C=O) groups is 5. The van der Waals surface area contributed by atoms with E-state index in [4.69, 9.17) is 5.73 Å². The number of nitrogens with one attached hydrogen (secondary N) is 3. The van der Waals surface area contributed by atoms with Gasteiger partial charge >= 0.3 is 12.1 Å². The molecule has 2 heterocycles. The smallest absolute Gasteiger partial charge is 0.368 e. The number of hydrogen-bond acceptors (Lipinski definition) is 5. The quantitative estimate of drug-likeness (QED) is 0.377. The minimum absolute atomic E-state index is 0.00266. The van der Waals surface area contributed by atoms with Crippen LogP contribution in [0.15, 0.2) is 0 Å². The summed E-state index contributed by atoms with van der Waals surface area (Å²) in [6, 6.07) is -3.77. The Hall–Kier alpha value is -2.86. The highest BCUT2D eigenvalue weighted by Crippen LogP contribution is 2.65. The Labute approximate surface area is 207 Å². The first-order valence-electron chi connectivity index (χ1n) is 11.9. The summed E-state index contributed by atoms with van der Waals surface area (Å²) in [7, 11) is 0. The molecule has 2 aliphatic heterocycles. The number of alkyl halides is 3. The molecule has 36 heavy (non-hydrogen) atoms. The van der Waals surface area contributed by atoms with Crippen molar-refractivity contribution in [1.82, 2.24) is 20.9 Å². The van der Waals surface area contributed by atoms with E-state index < -0.39 is 59.3 Å². The largest absolute Gasteiger partial charge is 0.471 e. The molecule has 5 N–H and O–H groups in total. The number of amides is 5. The van der Waals surface area contributed by atoms with Gasteiger partial charge in [0.1, 0.15) is 18.1 Å². The molecule has 0 aromatic carbocycles. The number of fused-ring (bicyclic) bond motifs is 1. The molecule has 2 saturated heterocycles. The molecular weight excluding hydrogens is 483 g/mol. The Morgan fingerprint density at radius 1 is 1.17 bits per heavy atom. The molecule has 0 bridgehead atoms. The third-order valence-corrected chi connectivity index (χ3v) is 7.75. The highest BCUT2D eigenvalue weighted by Gasteiger charge is 2.70. The molecule has 13 heteroatoms. The standard InChI is InChI=1S/C23H34F3N5O5/c1-21(2,3)15(30-20(36)23(24,25)26)19(35)31-9-11-13(22(11,4)5)14(31)18(34)29-12(16(27)32)8-10-6-7-28-17(10)33/h10-15H,6-9H2,1-5H3,(H2,27,32)(H,28,33)(H,29,34)(H,30,36)/t10-,11-,12-,13-,14-,15+/m0/s1. The van der Waals surface area contributed by atoms with Crippen LogP contribution in [-0.4, -0.2) is 71.8 Å². The fourth-order valence-corrected chi connectivity index (χ4v) is 5.50. The molecule has 0 unspecified atom stereocenters. The minimum Gasteiger partial charge on any atom is -0.368 e. The third-order valence-electron chi connectivity index (χ3n) is 7.75. The van der Waals surface area contributed by atoms with E-state index in [0.717, 1.165) is 0 Å². The zero-order valence-corrected chi connectivity index (χ0v) is 21.0. The monoisotopic (exact) mass is 517 g/mol. The first kappa shape index (κ1) is 27.7. The van der Waals surface area contributed by atoms with Gasteiger partial charge in [0.15, 0.2) is 0 Å². The van der Waals surface area contributed by atoms with E-state index in [1.807, 2.05) is 13.8 Å². The van der Waals surface area contributed by atoms with Crippen LogP contribution in [-0.2, 0) is 24.0 Å². The topological polar surface area (TPSA) is 151 Å². The Kier molecular flexibility index (Phi) is 7.10. The van der Waals surface area contributed by atoms with Gasteiger partial charge in [-0.3, -0.25) is 24.0 Å². The summed E-state index contributed by atoms with van der Waals surface area (Å²) < 4.78 is 38.9. The van der Waals surface area contributed by atoms with E-state index in [-0.39, 0.29) is 36.1 Å². The van der Waals surface area contributed by atoms with Crippen LogP contribution in [0.1, 0.15) is 47.5 Å². The second kappa shape index (κ2) is 9.22. The molecule has 1 saturated carbocycles. The summed E-state index contributed by atoms with van der Waals surface area (Å²) >= 11 is 0. The molecule has 0 aromatic rings. The van der Waals surface area contributed by atoms with Crippen molar-refractivity contribution in [3.8, 4) is 0 Å². The van der Waals surface area contributed by atoms with Gasteiger partial charge in [-0.15, -0.1) is 0 Å². The van der Waals surface area contributed by atoms with Crippen LogP contribution in [0.5, 0.6) is 0 Å². The molecule has 5 amide bonds. The van der Waals surface area contributed by atoms with Gasteiger partial charge in [-0.2, -0.15) is 13.2 Å². The summed E-state index contributed by atoms with van der Waals surface area (Å²) in [6.45, 7) is 8.95. The zero-order valence-electron chi connectivity index (χ0n) is 21.0. The molecule has 202 valence electrons. The van der Waals surface area contributed by atoms with Crippen LogP contribution in [0.3, 0.4) is 0 Å². The van der Waals surface area contributed by atoms with Gasteiger partial charge in [0, 0.05) is 19.0 Å². The van der Waals surface area contributed by atoms with E-state index in [1.165, 1.54) is 25.7 Å². The maximum atomic E-state index is 13.5. The normalized spacial score (nSPS) is 28.6. The van der Waals surface area contributed by atoms with Crippen molar-refractivity contribution >= 4 is 29.5 Å². The Balaban J connectivity index is 1.83. The summed E-state index contributed by atoms with van der Waals surface area (Å²) in [4.78, 5) is 63.8. The number of rotatable bonds is 7. The Morgan fingerprint density at radius 3 is 2.25 bits per heavy atom. The number of nitrogens with two attached hydrogens (primary N) is 1. The van der Waals surface area contributed by atoms with Gasteiger partial charge in [0.25, 0.3) is 0 Å². The van der Waals surface area contributed by atoms with Gasteiger partial charge in [0.05, 0.1) is 0 Å². The number of piperidine rings is 1. The second-order valence-electron chi connectivity index (χ2n) is 11.6. The molecular formula is C23H34F3N5O5. The number of hydrogen-bond donors (Lipinski definition) is 4. The van der Waals surface area contributed by atoms with E-state index in [9.17, 15) is 37.1 Å². The highest BCUT2D eigenvalue weighted by atomic mass is 19.4. The fourth-order valence-electron chi connectivity index (χ4n) is 5.50. The van der Waals surface area contributed by atoms with Crippen molar-refractivity contribution in [2.75, 3.05) is 13.1 Å². The van der Waals surface area contributed by atoms with Crippen molar-refractivity contribution in [3.63, 3.8) is 0 Å². The van der Waals surface area contributed by atoms with E-state index in [2.05, 4.69) is 10.6 Å². The minimum atomic E-state index is -5.18. The van der Waals surface area contributed by atoms with Crippen molar-refractivity contribution in [1.29, 1.82) is 0 Å². The predicted octanol–water partition coefficient (Wildman–Crippen LogP) is 0.0589. The first-order chi connectivity index (χ1) is 16.4. The van der Waals surface area contributed by atoms with Gasteiger partial charge < -0.3 is 26.6 Å². The number of primary amides is 1. The Morgan fingerprint density at radius 2 is 1.78 bits per heavy atom. The van der Waals surface area contributed by atoms with E-state index >= 15 is 0 Å². The van der Waals surface area contributed by atoms with Crippen LogP contribution in [0.25, 0.3) is 0 Å². The summed E-state index contributed by atoms with van der Waals surface area (Å²) in [5.74, 6) is -5.68. The van der Waals surface area contributed by atoms with Gasteiger partial charge in [0.2, 0.25) is 23.6 Å². The maximum Gasteiger partial charge on any atom is 0.471 e. The predicted molar refractivity (Wildman–Crippen MR) is 121 cm³/mol. The van der Waals surface area contributed by atoms with Crippen LogP contribution >= 0.6 is 0 Å². The maximum absolute atomic E-state index is 13.5. The van der Waals surface area contributed by atoms with E-state index in [1.54, 1.807) is 5.32 Å². The van der Waals surface area contributed by atoms with Crippen LogP contribution in [0.2, 0.25) is 0 Å². The SMILES string of the molecule is CC(C)(C)[C@H](NC(=O)C(F)(F)F)C(=O)N1C[C@H]2[C@@H]([C@H]1C(=O)N[C@@H](C[C@@H]1CCNC1=O)C(N)=O)C2(C)C. The molecule has 0 radical (unpaired) electrons. The summed E-state index contributed by atoms with van der Waals surface area (Å²) in [5.41, 5.74) is 4.08. The first-order valence-corrected chi connectivity index (χ1v) is 11.9. The van der Waals surface area contributed by atoms with Crippen LogP contribution in [0, 0.1) is 28.6 Å². The molecule has 3 fully saturated rings. The summed E-state index contributed by atoms with van der Waals surface area (Å²) in [5, 5.41) is 7.01. The average Bonchev–Trinajstić information content (AvgIpc) is 3.09. The molecule has 3 rings (SSSR count). The molecule has 3 aliphatic rings. The van der Waals surface area contributed by atoms with Gasteiger partial charge in [-0.25, -0.2) is 0 Å². The van der Waals surface area contributed by atoms with Crippen molar-refractivity contribution in [2.45, 2.75) is 71.8 Å². The van der Waals surface area contributed by atoms with Crippen molar-refractivity contribution < 1.29 is 37.1 Å². The lowest BCUT2D eigenvalue weighted by atomic mass is 9.85. The second-order valence-corrected chi connectivity index (χ2v) is 11.6. The number of likely N-dealkylation sites (tertiary alicyclic amines) is 1. The average molecular weight is 518 g/mol. The molecule has 0 aromatic heterocycles. The van der Waals surface area contributed by atoms with Crippen LogP contribution in [0.4, 0.5) is 13.2 Å². The number of nitrogens with zero attached hydrogens (tertiary/aromatic N) is 1. The lowest BCUT2D eigenvalue weighted by Gasteiger charge is -2.38. The molecule has 0 spiro atoms. The van der Waals surface area contributed by atoms with Crippen LogP contribution < -0.4 is 21.7 Å². The van der Waals surface area contributed by atoms with Crippen molar-refractivity contribution in [3.05, 3.63) is 0 Å². The van der Waals surface area contributed by atoms with Crippen molar-refractivity contribution in [2.24, 2.45) is 34.3 Å². The van der Waals surface area contributed by atoms with Gasteiger partial charge in [-0.05, 0) is 35.5 Å². The van der Waals surface area contributed by atoms with Gasteiger partial charge in [-0.1, -0.05) is 34.6 Å². The molecule has 10 nitrogen and oxygen atoms in total. The number of carbonyl (C=O) groups excluding carboxylic acids is 5. The lowest BCUT2D eigenvalue weighted by molar-refractivity contribution is -0.176. The highest BCUT2D eigenvalue weighted by molar-refractivity contribution is 5.96. The number of halogens is 3. The van der Waals surface area contributed by atoms with E-state index in [0.29, 0.717) is 13.0 Å². The molecule has 1 aliphatic carbocycles.